The monoisotopic (exact) mass is 710 g/mol. The molecule has 0 fully saturated rings. The molecule has 0 aliphatic rings. The zero-order valence-corrected chi connectivity index (χ0v) is 32.9. The second kappa shape index (κ2) is 36.4. The summed E-state index contributed by atoms with van der Waals surface area (Å²) in [5.41, 5.74) is 0. The van der Waals surface area contributed by atoms with Crippen molar-refractivity contribution >= 4 is 16.0 Å². The molecule has 0 saturated heterocycles. The zero-order chi connectivity index (χ0) is 36.1. The minimum atomic E-state index is -4.35. The molecule has 0 heterocycles. The number of allylic oxidation sites excluding steroid dienone is 5. The van der Waals surface area contributed by atoms with Gasteiger partial charge in [0.15, 0.2) is 0 Å². The van der Waals surface area contributed by atoms with Crippen molar-refractivity contribution in [3.63, 3.8) is 0 Å². The van der Waals surface area contributed by atoms with Crippen molar-refractivity contribution in [1.29, 1.82) is 0 Å². The number of carbonyl (C=O) groups excluding carboxylic acids is 1. The molecule has 1 amide bonds. The Morgan fingerprint density at radius 2 is 0.878 bits per heavy atom. The molecule has 0 aromatic carbocycles. The number of amides is 1. The lowest BCUT2D eigenvalue weighted by Gasteiger charge is -2.21. The Bertz CT molecular complexity index is 914. The van der Waals surface area contributed by atoms with Crippen molar-refractivity contribution in [1.82, 2.24) is 5.32 Å². The van der Waals surface area contributed by atoms with Crippen molar-refractivity contribution in [2.45, 2.75) is 219 Å². The summed E-state index contributed by atoms with van der Waals surface area (Å²) in [7, 11) is -4.35. The number of hydrogen-bond donors (Lipinski definition) is 3. The van der Waals surface area contributed by atoms with Crippen LogP contribution in [0.4, 0.5) is 0 Å². The fourth-order valence-electron chi connectivity index (χ4n) is 6.19. The van der Waals surface area contributed by atoms with Gasteiger partial charge in [0.25, 0.3) is 10.1 Å². The SMILES string of the molecule is CCCCCCCCCCCC/C=C/CC/C=C/CC/C=C/C(O)C(CS(=O)(=O)O)NC(=O)CCCCCCCCCCCCCCCC. The smallest absolute Gasteiger partial charge is 0.267 e. The van der Waals surface area contributed by atoms with E-state index in [1.165, 1.54) is 147 Å². The molecule has 6 nitrogen and oxygen atoms in total. The molecule has 3 N–H and O–H groups in total. The standard InChI is InChI=1S/C42H79NO5S/c1-3-5-7-9-11-13-15-17-19-20-21-22-23-24-25-27-29-31-33-35-37-41(44)40(39-49(46,47)48)43-42(45)38-36-34-32-30-28-26-18-16-14-12-10-8-6-4-2/h22-23,27,29,35,37,40-41,44H,3-21,24-26,28,30-34,36,38-39H2,1-2H3,(H,43,45)(H,46,47,48)/b23-22+,29-27+,37-35+. The van der Waals surface area contributed by atoms with Gasteiger partial charge in [-0.1, -0.05) is 192 Å². The Hall–Kier alpha value is -1.44. The van der Waals surface area contributed by atoms with E-state index in [9.17, 15) is 22.9 Å². The van der Waals surface area contributed by atoms with Crippen molar-refractivity contribution in [3.8, 4) is 0 Å². The quantitative estimate of drug-likeness (QED) is 0.0338. The predicted octanol–water partition coefficient (Wildman–Crippen LogP) is 12.1. The molecule has 0 saturated carbocycles. The lowest BCUT2D eigenvalue weighted by atomic mass is 10.0. The van der Waals surface area contributed by atoms with Crippen LogP contribution in [0, 0.1) is 0 Å². The largest absolute Gasteiger partial charge is 0.387 e. The first-order valence-corrected chi connectivity index (χ1v) is 22.3. The Morgan fingerprint density at radius 1 is 0.531 bits per heavy atom. The minimum Gasteiger partial charge on any atom is -0.387 e. The molecule has 7 heteroatoms. The number of aliphatic hydroxyl groups excluding tert-OH is 1. The number of carbonyl (C=O) groups is 1. The average Bonchev–Trinajstić information content (AvgIpc) is 3.06. The van der Waals surface area contributed by atoms with Crippen LogP contribution >= 0.6 is 0 Å². The summed E-state index contributed by atoms with van der Waals surface area (Å²) in [5, 5.41) is 13.2. The van der Waals surface area contributed by atoms with Crippen molar-refractivity contribution in [2.24, 2.45) is 0 Å². The fraction of sp³-hybridized carbons (Fsp3) is 0.833. The topological polar surface area (TPSA) is 104 Å². The summed E-state index contributed by atoms with van der Waals surface area (Å²) in [6, 6.07) is -1.08. The Morgan fingerprint density at radius 3 is 1.29 bits per heavy atom. The van der Waals surface area contributed by atoms with Crippen LogP contribution in [0.15, 0.2) is 36.5 Å². The van der Waals surface area contributed by atoms with Crippen molar-refractivity contribution in [2.75, 3.05) is 5.75 Å². The molecule has 49 heavy (non-hydrogen) atoms. The molecular formula is C42H79NO5S. The Balaban J connectivity index is 3.99. The summed E-state index contributed by atoms with van der Waals surface area (Å²) in [4.78, 5) is 12.5. The lowest BCUT2D eigenvalue weighted by molar-refractivity contribution is -0.122. The molecular weight excluding hydrogens is 631 g/mol. The molecule has 0 aromatic rings. The summed E-state index contributed by atoms with van der Waals surface area (Å²) >= 11 is 0. The maximum atomic E-state index is 12.5. The average molecular weight is 710 g/mol. The van der Waals surface area contributed by atoms with Gasteiger partial charge < -0.3 is 10.4 Å². The summed E-state index contributed by atoms with van der Waals surface area (Å²) < 4.78 is 32.4. The van der Waals surface area contributed by atoms with E-state index in [0.29, 0.717) is 6.42 Å². The number of nitrogens with one attached hydrogen (secondary N) is 1. The van der Waals surface area contributed by atoms with Crippen LogP contribution in [-0.4, -0.2) is 41.9 Å². The van der Waals surface area contributed by atoms with E-state index in [1.807, 2.05) is 0 Å². The van der Waals surface area contributed by atoms with Gasteiger partial charge in [0.2, 0.25) is 5.91 Å². The molecule has 0 aromatic heterocycles. The Labute approximate surface area is 304 Å². The normalized spacial score (nSPS) is 13.6. The molecule has 2 atom stereocenters. The van der Waals surface area contributed by atoms with Gasteiger partial charge in [-0.3, -0.25) is 9.35 Å². The third kappa shape index (κ3) is 37.6. The van der Waals surface area contributed by atoms with Crippen LogP contribution in [-0.2, 0) is 14.9 Å². The maximum absolute atomic E-state index is 12.5. The third-order valence-electron chi connectivity index (χ3n) is 9.30. The van der Waals surface area contributed by atoms with E-state index in [1.54, 1.807) is 6.08 Å². The van der Waals surface area contributed by atoms with Crippen LogP contribution in [0.5, 0.6) is 0 Å². The van der Waals surface area contributed by atoms with Gasteiger partial charge in [0, 0.05) is 6.42 Å². The number of unbranched alkanes of at least 4 members (excludes halogenated alkanes) is 25. The lowest BCUT2D eigenvalue weighted by Crippen LogP contribution is -2.46. The highest BCUT2D eigenvalue weighted by Gasteiger charge is 2.24. The third-order valence-corrected chi connectivity index (χ3v) is 10.1. The molecule has 2 unspecified atom stereocenters. The summed E-state index contributed by atoms with van der Waals surface area (Å²) in [6.45, 7) is 4.52. The van der Waals surface area contributed by atoms with Gasteiger partial charge in [-0.25, -0.2) is 0 Å². The highest BCUT2D eigenvalue weighted by atomic mass is 32.2. The number of rotatable bonds is 37. The van der Waals surface area contributed by atoms with Crippen molar-refractivity contribution < 1.29 is 22.9 Å². The molecule has 0 rings (SSSR count). The van der Waals surface area contributed by atoms with Gasteiger partial charge in [-0.05, 0) is 44.9 Å². The fourth-order valence-corrected chi connectivity index (χ4v) is 6.92. The first-order chi connectivity index (χ1) is 23.8. The van der Waals surface area contributed by atoms with E-state index in [-0.39, 0.29) is 12.3 Å². The molecule has 0 aliphatic carbocycles. The maximum Gasteiger partial charge on any atom is 0.267 e. The van der Waals surface area contributed by atoms with Crippen LogP contribution < -0.4 is 5.32 Å². The van der Waals surface area contributed by atoms with E-state index < -0.39 is 28.0 Å². The van der Waals surface area contributed by atoms with Crippen molar-refractivity contribution in [3.05, 3.63) is 36.5 Å². The van der Waals surface area contributed by atoms with Crippen LogP contribution in [0.2, 0.25) is 0 Å². The van der Waals surface area contributed by atoms with Gasteiger partial charge in [0.05, 0.1) is 17.9 Å². The second-order valence-corrected chi connectivity index (χ2v) is 15.8. The van der Waals surface area contributed by atoms with Gasteiger partial charge in [-0.15, -0.1) is 0 Å². The minimum absolute atomic E-state index is 0.287. The van der Waals surface area contributed by atoms with Gasteiger partial charge >= 0.3 is 0 Å². The van der Waals surface area contributed by atoms with E-state index in [4.69, 9.17) is 0 Å². The zero-order valence-electron chi connectivity index (χ0n) is 32.1. The predicted molar refractivity (Wildman–Crippen MR) is 212 cm³/mol. The molecule has 0 radical (unpaired) electrons. The van der Waals surface area contributed by atoms with E-state index in [0.717, 1.165) is 38.5 Å². The number of aliphatic hydroxyl groups is 1. The summed E-state index contributed by atoms with van der Waals surface area (Å²) in [6.07, 6.45) is 47.0. The van der Waals surface area contributed by atoms with Crippen LogP contribution in [0.3, 0.4) is 0 Å². The number of hydrogen-bond acceptors (Lipinski definition) is 4. The summed E-state index contributed by atoms with van der Waals surface area (Å²) in [5.74, 6) is -1.00. The first kappa shape index (κ1) is 47.6. The van der Waals surface area contributed by atoms with Gasteiger partial charge in [0.1, 0.15) is 0 Å². The molecule has 288 valence electrons. The molecule has 0 spiro atoms. The highest BCUT2D eigenvalue weighted by Crippen LogP contribution is 2.14. The van der Waals surface area contributed by atoms with Crippen LogP contribution in [0.1, 0.15) is 206 Å². The molecule has 0 bridgehead atoms. The Kier molecular flexibility index (Phi) is 35.3. The van der Waals surface area contributed by atoms with E-state index in [2.05, 4.69) is 43.5 Å². The highest BCUT2D eigenvalue weighted by molar-refractivity contribution is 7.85. The second-order valence-electron chi connectivity index (χ2n) is 14.3. The van der Waals surface area contributed by atoms with Crippen LogP contribution in [0.25, 0.3) is 0 Å². The first-order valence-electron chi connectivity index (χ1n) is 20.7. The molecule has 0 aliphatic heterocycles. The van der Waals surface area contributed by atoms with E-state index >= 15 is 0 Å². The van der Waals surface area contributed by atoms with Gasteiger partial charge in [-0.2, -0.15) is 8.42 Å².